The molecule has 0 aromatic rings. The van der Waals surface area contributed by atoms with E-state index in [0.717, 1.165) is 19.3 Å². The van der Waals surface area contributed by atoms with Crippen LogP contribution in [0, 0.1) is 0 Å². The minimum absolute atomic E-state index is 0.129. The van der Waals surface area contributed by atoms with Gasteiger partial charge in [-0.05, 0) is 19.3 Å². The second-order valence-corrected chi connectivity index (χ2v) is 4.07. The van der Waals surface area contributed by atoms with E-state index in [2.05, 4.69) is 5.32 Å². The van der Waals surface area contributed by atoms with Crippen molar-refractivity contribution in [3.05, 3.63) is 0 Å². The maximum Gasteiger partial charge on any atom is 0.324 e. The first-order valence-electron chi connectivity index (χ1n) is 5.35. The number of hydrogen-bond acceptors (Lipinski definition) is 3. The molecule has 0 radical (unpaired) electrons. The summed E-state index contributed by atoms with van der Waals surface area (Å²) in [6.45, 7) is 0.523. The summed E-state index contributed by atoms with van der Waals surface area (Å²) >= 11 is 0. The molecule has 0 aromatic heterocycles. The average molecular weight is 212 g/mol. The van der Waals surface area contributed by atoms with Crippen LogP contribution in [0.2, 0.25) is 0 Å². The molecule has 1 saturated carbocycles. The van der Waals surface area contributed by atoms with E-state index >= 15 is 0 Å². The Morgan fingerprint density at radius 1 is 1.40 bits per heavy atom. The molecular formula is C10H16N2O3. The Morgan fingerprint density at radius 2 is 2.20 bits per heavy atom. The van der Waals surface area contributed by atoms with Crippen molar-refractivity contribution in [1.82, 2.24) is 10.2 Å². The molecule has 2 unspecified atom stereocenters. The summed E-state index contributed by atoms with van der Waals surface area (Å²) < 4.78 is 5.35. The lowest BCUT2D eigenvalue weighted by atomic mass is 10.1. The molecule has 2 atom stereocenters. The van der Waals surface area contributed by atoms with Crippen molar-refractivity contribution < 1.29 is 14.3 Å². The number of methoxy groups -OCH3 is 1. The second-order valence-electron chi connectivity index (χ2n) is 4.07. The minimum atomic E-state index is -0.264. The zero-order chi connectivity index (χ0) is 10.8. The Kier molecular flexibility index (Phi) is 2.90. The molecule has 0 aromatic carbocycles. The van der Waals surface area contributed by atoms with Gasteiger partial charge in [-0.3, -0.25) is 10.1 Å². The number of imide groups is 1. The molecule has 0 bridgehead atoms. The first kappa shape index (κ1) is 10.4. The Morgan fingerprint density at radius 3 is 2.87 bits per heavy atom. The van der Waals surface area contributed by atoms with E-state index in [0.29, 0.717) is 13.0 Å². The summed E-state index contributed by atoms with van der Waals surface area (Å²) in [4.78, 5) is 24.3. The van der Waals surface area contributed by atoms with Gasteiger partial charge in [-0.2, -0.15) is 0 Å². The third-order valence-corrected chi connectivity index (χ3v) is 3.21. The molecular weight excluding hydrogens is 196 g/mol. The number of nitrogens with one attached hydrogen (secondary N) is 1. The van der Waals surface area contributed by atoms with Gasteiger partial charge >= 0.3 is 6.03 Å². The van der Waals surface area contributed by atoms with Crippen molar-refractivity contribution in [2.24, 2.45) is 0 Å². The molecule has 5 heteroatoms. The lowest BCUT2D eigenvalue weighted by Crippen LogP contribution is -2.55. The van der Waals surface area contributed by atoms with Crippen molar-refractivity contribution in [1.29, 1.82) is 0 Å². The molecule has 84 valence electrons. The van der Waals surface area contributed by atoms with E-state index in [1.807, 2.05) is 0 Å². The third kappa shape index (κ3) is 1.97. The monoisotopic (exact) mass is 212 g/mol. The maximum atomic E-state index is 11.6. The Bertz CT molecular complexity index is 280. The Labute approximate surface area is 88.8 Å². The molecule has 3 amide bonds. The number of rotatable bonds is 2. The average Bonchev–Trinajstić information content (AvgIpc) is 2.65. The predicted molar refractivity (Wildman–Crippen MR) is 53.3 cm³/mol. The van der Waals surface area contributed by atoms with Crippen molar-refractivity contribution in [2.45, 2.75) is 37.8 Å². The lowest BCUT2D eigenvalue weighted by Gasteiger charge is -2.34. The maximum absolute atomic E-state index is 11.6. The van der Waals surface area contributed by atoms with Crippen molar-refractivity contribution in [2.75, 3.05) is 13.7 Å². The highest BCUT2D eigenvalue weighted by atomic mass is 16.5. The van der Waals surface area contributed by atoms with Gasteiger partial charge in [-0.15, -0.1) is 0 Å². The van der Waals surface area contributed by atoms with Crippen LogP contribution in [0.25, 0.3) is 0 Å². The molecule has 15 heavy (non-hydrogen) atoms. The fourth-order valence-electron chi connectivity index (χ4n) is 2.43. The summed E-state index contributed by atoms with van der Waals surface area (Å²) in [5.41, 5.74) is 0. The smallest absolute Gasteiger partial charge is 0.324 e. The van der Waals surface area contributed by atoms with Crippen molar-refractivity contribution in [3.8, 4) is 0 Å². The summed E-state index contributed by atoms with van der Waals surface area (Å²) in [5.74, 6) is -0.178. The van der Waals surface area contributed by atoms with Crippen LogP contribution in [-0.4, -0.2) is 42.6 Å². The normalized spacial score (nSPS) is 31.9. The van der Waals surface area contributed by atoms with E-state index in [9.17, 15) is 9.59 Å². The molecule has 2 rings (SSSR count). The van der Waals surface area contributed by atoms with Gasteiger partial charge in [-0.1, -0.05) is 0 Å². The van der Waals surface area contributed by atoms with Crippen LogP contribution < -0.4 is 5.32 Å². The van der Waals surface area contributed by atoms with E-state index in [1.54, 1.807) is 12.0 Å². The SMILES string of the molecule is COC1CCCC1N1CCC(=O)NC1=O. The summed E-state index contributed by atoms with van der Waals surface area (Å²) in [6, 6.07) is -0.122. The van der Waals surface area contributed by atoms with Gasteiger partial charge in [0.15, 0.2) is 0 Å². The van der Waals surface area contributed by atoms with Crippen LogP contribution in [0.3, 0.4) is 0 Å². The fourth-order valence-corrected chi connectivity index (χ4v) is 2.43. The molecule has 5 nitrogen and oxygen atoms in total. The fraction of sp³-hybridized carbons (Fsp3) is 0.800. The second kappa shape index (κ2) is 4.18. The highest BCUT2D eigenvalue weighted by Crippen LogP contribution is 2.27. The van der Waals surface area contributed by atoms with Crippen LogP contribution in [0.1, 0.15) is 25.7 Å². The highest BCUT2D eigenvalue weighted by molar-refractivity contribution is 5.96. The standard InChI is InChI=1S/C10H16N2O3/c1-15-8-4-2-3-7(8)12-6-5-9(13)11-10(12)14/h7-8H,2-6H2,1H3,(H,11,13,14). The number of carbonyl (C=O) groups excluding carboxylic acids is 2. The number of ether oxygens (including phenoxy) is 1. The Balaban J connectivity index is 2.03. The van der Waals surface area contributed by atoms with Crippen molar-refractivity contribution in [3.63, 3.8) is 0 Å². The molecule has 0 spiro atoms. The largest absolute Gasteiger partial charge is 0.379 e. The molecule has 2 fully saturated rings. The number of amides is 3. The van der Waals surface area contributed by atoms with E-state index in [-0.39, 0.29) is 24.1 Å². The molecule has 1 aliphatic heterocycles. The zero-order valence-corrected chi connectivity index (χ0v) is 8.86. The van der Waals surface area contributed by atoms with Crippen LogP contribution >= 0.6 is 0 Å². The van der Waals surface area contributed by atoms with Gasteiger partial charge in [0.25, 0.3) is 0 Å². The zero-order valence-electron chi connectivity index (χ0n) is 8.86. The van der Waals surface area contributed by atoms with Crippen LogP contribution in [0.5, 0.6) is 0 Å². The highest BCUT2D eigenvalue weighted by Gasteiger charge is 2.37. The topological polar surface area (TPSA) is 58.6 Å². The summed E-state index contributed by atoms with van der Waals surface area (Å²) in [5, 5.41) is 2.34. The van der Waals surface area contributed by atoms with Crippen LogP contribution in [0.15, 0.2) is 0 Å². The van der Waals surface area contributed by atoms with E-state index < -0.39 is 0 Å². The Hall–Kier alpha value is -1.10. The van der Waals surface area contributed by atoms with Gasteiger partial charge in [0.1, 0.15) is 0 Å². The van der Waals surface area contributed by atoms with Gasteiger partial charge in [0, 0.05) is 20.1 Å². The molecule has 1 N–H and O–H groups in total. The van der Waals surface area contributed by atoms with Crippen LogP contribution in [-0.2, 0) is 9.53 Å². The minimum Gasteiger partial charge on any atom is -0.379 e. The first-order valence-corrected chi connectivity index (χ1v) is 5.35. The van der Waals surface area contributed by atoms with E-state index in [4.69, 9.17) is 4.74 Å². The quantitative estimate of drug-likeness (QED) is 0.725. The molecule has 1 heterocycles. The number of nitrogens with zero attached hydrogens (tertiary/aromatic N) is 1. The first-order chi connectivity index (χ1) is 7.22. The van der Waals surface area contributed by atoms with Crippen LogP contribution in [0.4, 0.5) is 4.79 Å². The summed E-state index contributed by atoms with van der Waals surface area (Å²) in [7, 11) is 1.68. The summed E-state index contributed by atoms with van der Waals surface area (Å²) in [6.07, 6.45) is 3.59. The predicted octanol–water partition coefficient (Wildman–Crippen LogP) is 0.496. The van der Waals surface area contributed by atoms with E-state index in [1.165, 1.54) is 0 Å². The van der Waals surface area contributed by atoms with Gasteiger partial charge in [0.2, 0.25) is 5.91 Å². The number of hydrogen-bond donors (Lipinski definition) is 1. The van der Waals surface area contributed by atoms with Crippen molar-refractivity contribution >= 4 is 11.9 Å². The van der Waals surface area contributed by atoms with Gasteiger partial charge < -0.3 is 9.64 Å². The lowest BCUT2D eigenvalue weighted by molar-refractivity contribution is -0.122. The van der Waals surface area contributed by atoms with Gasteiger partial charge in [-0.25, -0.2) is 4.79 Å². The number of urea groups is 1. The molecule has 1 saturated heterocycles. The third-order valence-electron chi connectivity index (χ3n) is 3.21. The van der Waals surface area contributed by atoms with Gasteiger partial charge in [0.05, 0.1) is 12.1 Å². The molecule has 1 aliphatic carbocycles. The number of carbonyl (C=O) groups is 2. The molecule has 2 aliphatic rings.